The summed E-state index contributed by atoms with van der Waals surface area (Å²) in [7, 11) is 0. The van der Waals surface area contributed by atoms with Crippen molar-refractivity contribution in [3.63, 3.8) is 0 Å². The summed E-state index contributed by atoms with van der Waals surface area (Å²) in [6, 6.07) is 14.7. The van der Waals surface area contributed by atoms with Gasteiger partial charge >= 0.3 is 0 Å². The molecular formula is C20H16N2O2. The Balaban J connectivity index is 1.62. The Bertz CT molecular complexity index is 956. The summed E-state index contributed by atoms with van der Waals surface area (Å²) in [4.78, 5) is 26.5. The minimum atomic E-state index is -0.159. The van der Waals surface area contributed by atoms with Crippen LogP contribution in [0, 0.1) is 11.8 Å². The number of benzene rings is 2. The smallest absolute Gasteiger partial charge is 0.254 e. The molecule has 0 unspecified atom stereocenters. The number of hydrogen-bond acceptors (Lipinski definition) is 2. The Morgan fingerprint density at radius 3 is 2.58 bits per heavy atom. The minimum Gasteiger partial charge on any atom is -0.360 e. The number of rotatable bonds is 3. The average Bonchev–Trinajstić information content (AvgIpc) is 3.03. The first-order chi connectivity index (χ1) is 11.6. The summed E-state index contributed by atoms with van der Waals surface area (Å²) < 4.78 is 0. The maximum atomic E-state index is 12.2. The lowest BCUT2D eigenvalue weighted by Crippen LogP contribution is -2.23. The van der Waals surface area contributed by atoms with E-state index in [9.17, 15) is 9.59 Å². The fraction of sp³-hybridized carbons (Fsp3) is 0.100. The number of Topliss-reactive ketones (excluding diaryl/α,β-unsaturated/α-hetero) is 1. The van der Waals surface area contributed by atoms with Crippen molar-refractivity contribution in [3.8, 4) is 11.8 Å². The van der Waals surface area contributed by atoms with Gasteiger partial charge in [0, 0.05) is 28.2 Å². The number of carbonyl (C=O) groups is 2. The molecular weight excluding hydrogens is 300 g/mol. The van der Waals surface area contributed by atoms with E-state index in [1.54, 1.807) is 30.5 Å². The number of hydrogen-bond donors (Lipinski definition) is 2. The van der Waals surface area contributed by atoms with Crippen LogP contribution in [0.4, 0.5) is 0 Å². The molecule has 2 N–H and O–H groups in total. The molecule has 24 heavy (non-hydrogen) atoms. The van der Waals surface area contributed by atoms with Crippen molar-refractivity contribution >= 4 is 22.6 Å². The van der Waals surface area contributed by atoms with Crippen molar-refractivity contribution in [1.29, 1.82) is 0 Å². The van der Waals surface area contributed by atoms with Crippen LogP contribution < -0.4 is 5.32 Å². The molecule has 0 radical (unpaired) electrons. The number of H-pyrrole nitrogens is 1. The van der Waals surface area contributed by atoms with Gasteiger partial charge in [0.15, 0.2) is 5.78 Å². The molecule has 0 bridgehead atoms. The number of carbonyl (C=O) groups excluding carboxylic acids is 2. The van der Waals surface area contributed by atoms with E-state index in [0.29, 0.717) is 11.1 Å². The second-order valence-corrected chi connectivity index (χ2v) is 5.37. The van der Waals surface area contributed by atoms with Crippen LogP contribution >= 0.6 is 0 Å². The zero-order chi connectivity index (χ0) is 16.9. The Labute approximate surface area is 139 Å². The van der Waals surface area contributed by atoms with Crippen LogP contribution in [0.2, 0.25) is 0 Å². The van der Waals surface area contributed by atoms with Crippen LogP contribution in [-0.4, -0.2) is 23.2 Å². The van der Waals surface area contributed by atoms with E-state index in [1.807, 2.05) is 24.3 Å². The van der Waals surface area contributed by atoms with Gasteiger partial charge in [0.1, 0.15) is 0 Å². The van der Waals surface area contributed by atoms with Crippen LogP contribution in [0.15, 0.2) is 54.7 Å². The molecule has 3 rings (SSSR count). The Kier molecular flexibility index (Phi) is 4.44. The van der Waals surface area contributed by atoms with E-state index < -0.39 is 0 Å². The predicted octanol–water partition coefficient (Wildman–Crippen LogP) is 3.15. The minimum absolute atomic E-state index is 0.0282. The van der Waals surface area contributed by atoms with E-state index in [2.05, 4.69) is 22.1 Å². The van der Waals surface area contributed by atoms with Crippen molar-refractivity contribution in [2.45, 2.75) is 6.92 Å². The quantitative estimate of drug-likeness (QED) is 0.576. The maximum absolute atomic E-state index is 12.2. The van der Waals surface area contributed by atoms with Crippen LogP contribution in [-0.2, 0) is 0 Å². The Morgan fingerprint density at radius 2 is 1.83 bits per heavy atom. The number of ketones is 1. The van der Waals surface area contributed by atoms with Gasteiger partial charge in [-0.1, -0.05) is 42.2 Å². The third-order valence-corrected chi connectivity index (χ3v) is 3.70. The fourth-order valence-electron chi connectivity index (χ4n) is 2.41. The topological polar surface area (TPSA) is 62.0 Å². The molecule has 3 aromatic rings. The molecule has 0 atom stereocenters. The van der Waals surface area contributed by atoms with E-state index in [0.717, 1.165) is 16.5 Å². The first-order valence-electron chi connectivity index (χ1n) is 7.59. The van der Waals surface area contributed by atoms with Gasteiger partial charge in [-0.05, 0) is 25.1 Å². The van der Waals surface area contributed by atoms with Crippen LogP contribution in [0.25, 0.3) is 10.9 Å². The Hall–Kier alpha value is -3.32. The van der Waals surface area contributed by atoms with E-state index in [-0.39, 0.29) is 18.2 Å². The first-order valence-corrected chi connectivity index (χ1v) is 7.59. The molecule has 1 aromatic heterocycles. The lowest BCUT2D eigenvalue weighted by molar-refractivity contribution is 0.0959. The van der Waals surface area contributed by atoms with Crippen LogP contribution in [0.5, 0.6) is 0 Å². The zero-order valence-electron chi connectivity index (χ0n) is 13.2. The zero-order valence-corrected chi connectivity index (χ0v) is 13.2. The highest BCUT2D eigenvalue weighted by Gasteiger charge is 2.10. The summed E-state index contributed by atoms with van der Waals surface area (Å²) in [6.07, 6.45) is 1.70. The van der Waals surface area contributed by atoms with Crippen molar-refractivity contribution < 1.29 is 9.59 Å². The van der Waals surface area contributed by atoms with E-state index in [1.165, 1.54) is 6.92 Å². The lowest BCUT2D eigenvalue weighted by atomic mass is 10.1. The van der Waals surface area contributed by atoms with Crippen LogP contribution in [0.3, 0.4) is 0 Å². The van der Waals surface area contributed by atoms with Gasteiger partial charge in [0.25, 0.3) is 5.91 Å². The van der Waals surface area contributed by atoms with Crippen molar-refractivity contribution in [3.05, 3.63) is 71.4 Å². The highest BCUT2D eigenvalue weighted by atomic mass is 16.1. The molecule has 0 aliphatic rings. The number of aromatic amines is 1. The third-order valence-electron chi connectivity index (χ3n) is 3.70. The van der Waals surface area contributed by atoms with Crippen molar-refractivity contribution in [2.24, 2.45) is 0 Å². The summed E-state index contributed by atoms with van der Waals surface area (Å²) in [5, 5.41) is 3.68. The van der Waals surface area contributed by atoms with Gasteiger partial charge < -0.3 is 10.3 Å². The standard InChI is InChI=1S/C20H16N2O2/c1-14(23)16-10-8-15(9-11-16)5-4-12-21-20(24)18-13-22-19-7-3-2-6-17(18)19/h2-3,6-11,13,22H,12H2,1H3,(H,21,24). The van der Waals surface area contributed by atoms with E-state index in [4.69, 9.17) is 0 Å². The predicted molar refractivity (Wildman–Crippen MR) is 94.0 cm³/mol. The summed E-state index contributed by atoms with van der Waals surface area (Å²) in [5.74, 6) is 5.75. The number of amides is 1. The molecule has 0 spiro atoms. The second-order valence-electron chi connectivity index (χ2n) is 5.37. The number of fused-ring (bicyclic) bond motifs is 1. The molecule has 1 heterocycles. The molecule has 118 valence electrons. The van der Waals surface area contributed by atoms with E-state index >= 15 is 0 Å². The maximum Gasteiger partial charge on any atom is 0.254 e. The molecule has 1 amide bonds. The monoisotopic (exact) mass is 316 g/mol. The normalized spacial score (nSPS) is 10.0. The Morgan fingerprint density at radius 1 is 1.08 bits per heavy atom. The molecule has 0 aliphatic heterocycles. The van der Waals surface area contributed by atoms with Gasteiger partial charge in [0.05, 0.1) is 12.1 Å². The van der Waals surface area contributed by atoms with Gasteiger partial charge in [0.2, 0.25) is 0 Å². The van der Waals surface area contributed by atoms with Crippen molar-refractivity contribution in [2.75, 3.05) is 6.54 Å². The number of aromatic nitrogens is 1. The lowest BCUT2D eigenvalue weighted by Gasteiger charge is -1.99. The van der Waals surface area contributed by atoms with Gasteiger partial charge in [-0.2, -0.15) is 0 Å². The van der Waals surface area contributed by atoms with Crippen molar-refractivity contribution in [1.82, 2.24) is 10.3 Å². The third kappa shape index (κ3) is 3.36. The summed E-state index contributed by atoms with van der Waals surface area (Å²) in [6.45, 7) is 1.79. The summed E-state index contributed by atoms with van der Waals surface area (Å²) >= 11 is 0. The largest absolute Gasteiger partial charge is 0.360 e. The molecule has 2 aromatic carbocycles. The van der Waals surface area contributed by atoms with Gasteiger partial charge in [-0.25, -0.2) is 0 Å². The van der Waals surface area contributed by atoms with Gasteiger partial charge in [-0.15, -0.1) is 0 Å². The highest BCUT2D eigenvalue weighted by Crippen LogP contribution is 2.17. The van der Waals surface area contributed by atoms with Crippen LogP contribution in [0.1, 0.15) is 33.2 Å². The second kappa shape index (κ2) is 6.84. The van der Waals surface area contributed by atoms with Gasteiger partial charge in [-0.3, -0.25) is 9.59 Å². The molecule has 0 saturated heterocycles. The average molecular weight is 316 g/mol. The number of nitrogens with one attached hydrogen (secondary N) is 2. The molecule has 0 saturated carbocycles. The SMILES string of the molecule is CC(=O)c1ccc(C#CCNC(=O)c2c[nH]c3ccccc23)cc1. The summed E-state index contributed by atoms with van der Waals surface area (Å²) in [5.41, 5.74) is 3.01. The number of para-hydroxylation sites is 1. The molecule has 4 nitrogen and oxygen atoms in total. The first kappa shape index (κ1) is 15.6. The molecule has 0 fully saturated rings. The molecule has 4 heteroatoms. The fourth-order valence-corrected chi connectivity index (χ4v) is 2.41. The highest BCUT2D eigenvalue weighted by molar-refractivity contribution is 6.06. The molecule has 0 aliphatic carbocycles.